The molecule has 0 aliphatic carbocycles. The van der Waals surface area contributed by atoms with Gasteiger partial charge < -0.3 is 36.9 Å². The molecule has 1 aromatic heterocycles. The number of carboxylic acid groups (broad SMARTS) is 2. The maximum atomic E-state index is 13.1. The van der Waals surface area contributed by atoms with Crippen LogP contribution in [-0.4, -0.2) is 69.0 Å². The van der Waals surface area contributed by atoms with E-state index >= 15 is 0 Å². The van der Waals surface area contributed by atoms with E-state index in [1.54, 1.807) is 20.0 Å². The average molecular weight is 490 g/mol. The van der Waals surface area contributed by atoms with Gasteiger partial charge in [-0.3, -0.25) is 19.2 Å². The van der Waals surface area contributed by atoms with E-state index in [2.05, 4.69) is 20.9 Å². The monoisotopic (exact) mass is 489 g/mol. The number of hydrogen-bond donors (Lipinski definition) is 7. The number of amides is 3. The number of hydrogen-bond acceptors (Lipinski definition) is 6. The summed E-state index contributed by atoms with van der Waals surface area (Å²) in [5.41, 5.74) is 7.07. The minimum Gasteiger partial charge on any atom is -0.481 e. The zero-order chi connectivity index (χ0) is 26.3. The van der Waals surface area contributed by atoms with Crippen LogP contribution in [0.5, 0.6) is 0 Å². The lowest BCUT2D eigenvalue weighted by Gasteiger charge is -2.25. The standard InChI is InChI=1S/C23H31N5O7/c1-11(2)19(23(34)35)28-22(33)17(8-13-10-25-16-7-5-4-6-14(13)16)27-20(31)12(3)26-21(32)15(24)9-18(29)30/h4-7,10-12,15,17,19,25H,8-9,24H2,1-3H3,(H,26,32)(H,27,31)(H,28,33)(H,29,30)(H,34,35). The number of nitrogens with two attached hydrogens (primary N) is 1. The molecule has 4 unspecified atom stereocenters. The number of carbonyl (C=O) groups is 5. The van der Waals surface area contributed by atoms with Gasteiger partial charge in [0.2, 0.25) is 17.7 Å². The predicted molar refractivity (Wildman–Crippen MR) is 126 cm³/mol. The van der Waals surface area contributed by atoms with Crippen molar-refractivity contribution in [2.24, 2.45) is 11.7 Å². The summed E-state index contributed by atoms with van der Waals surface area (Å²) < 4.78 is 0. The molecule has 0 saturated carbocycles. The first-order valence-electron chi connectivity index (χ1n) is 11.1. The molecule has 0 aliphatic heterocycles. The summed E-state index contributed by atoms with van der Waals surface area (Å²) in [6.45, 7) is 4.64. The smallest absolute Gasteiger partial charge is 0.326 e. The number of aromatic amines is 1. The van der Waals surface area contributed by atoms with Crippen LogP contribution in [0.2, 0.25) is 0 Å². The number of aliphatic carboxylic acids is 2. The molecule has 0 aliphatic rings. The molecule has 12 heteroatoms. The second kappa shape index (κ2) is 12.0. The molecule has 0 bridgehead atoms. The lowest BCUT2D eigenvalue weighted by molar-refractivity contribution is -0.143. The molecule has 0 saturated heterocycles. The molecule has 1 aromatic carbocycles. The highest BCUT2D eigenvalue weighted by molar-refractivity contribution is 5.95. The number of H-pyrrole nitrogens is 1. The molecule has 0 radical (unpaired) electrons. The van der Waals surface area contributed by atoms with Gasteiger partial charge >= 0.3 is 11.9 Å². The summed E-state index contributed by atoms with van der Waals surface area (Å²) in [7, 11) is 0. The second-order valence-electron chi connectivity index (χ2n) is 8.63. The van der Waals surface area contributed by atoms with Crippen LogP contribution in [-0.2, 0) is 30.4 Å². The third kappa shape index (κ3) is 7.54. The van der Waals surface area contributed by atoms with Crippen LogP contribution in [0, 0.1) is 5.92 Å². The minimum atomic E-state index is -1.35. The summed E-state index contributed by atoms with van der Waals surface area (Å²) in [5.74, 6) is -5.15. The number of carbonyl (C=O) groups excluding carboxylic acids is 3. The van der Waals surface area contributed by atoms with Gasteiger partial charge in [-0.25, -0.2) is 4.79 Å². The number of para-hydroxylation sites is 1. The number of aromatic nitrogens is 1. The van der Waals surface area contributed by atoms with Gasteiger partial charge in [-0.2, -0.15) is 0 Å². The molecule has 3 amide bonds. The number of benzene rings is 1. The maximum Gasteiger partial charge on any atom is 0.326 e. The van der Waals surface area contributed by atoms with Crippen molar-refractivity contribution in [1.82, 2.24) is 20.9 Å². The van der Waals surface area contributed by atoms with Gasteiger partial charge in [0.05, 0.1) is 12.5 Å². The fraction of sp³-hybridized carbons (Fsp3) is 0.435. The Bertz CT molecular complexity index is 1100. The van der Waals surface area contributed by atoms with E-state index in [-0.39, 0.29) is 6.42 Å². The summed E-state index contributed by atoms with van der Waals surface area (Å²) in [4.78, 5) is 63.4. The molecule has 2 rings (SSSR count). The fourth-order valence-electron chi connectivity index (χ4n) is 3.46. The normalized spacial score (nSPS) is 14.5. The van der Waals surface area contributed by atoms with Gasteiger partial charge in [-0.1, -0.05) is 32.0 Å². The summed E-state index contributed by atoms with van der Waals surface area (Å²) in [6, 6.07) is 2.54. The number of carboxylic acids is 2. The molecule has 4 atom stereocenters. The third-order valence-electron chi connectivity index (χ3n) is 5.45. The molecule has 8 N–H and O–H groups in total. The Morgan fingerprint density at radius 1 is 0.943 bits per heavy atom. The van der Waals surface area contributed by atoms with E-state index in [9.17, 15) is 29.1 Å². The van der Waals surface area contributed by atoms with Crippen molar-refractivity contribution >= 4 is 40.6 Å². The van der Waals surface area contributed by atoms with Gasteiger partial charge in [-0.15, -0.1) is 0 Å². The molecule has 1 heterocycles. The van der Waals surface area contributed by atoms with Gasteiger partial charge in [0, 0.05) is 23.5 Å². The van der Waals surface area contributed by atoms with E-state index in [4.69, 9.17) is 10.8 Å². The Kier molecular flexibility index (Phi) is 9.34. The number of nitrogens with one attached hydrogen (secondary N) is 4. The maximum absolute atomic E-state index is 13.1. The molecule has 35 heavy (non-hydrogen) atoms. The van der Waals surface area contributed by atoms with E-state index < -0.39 is 66.2 Å². The fourth-order valence-corrected chi connectivity index (χ4v) is 3.46. The number of rotatable bonds is 12. The zero-order valence-electron chi connectivity index (χ0n) is 19.7. The van der Waals surface area contributed by atoms with Crippen LogP contribution >= 0.6 is 0 Å². The Morgan fingerprint density at radius 2 is 1.60 bits per heavy atom. The molecule has 190 valence electrons. The van der Waals surface area contributed by atoms with Crippen LogP contribution in [0.1, 0.15) is 32.8 Å². The summed E-state index contributed by atoms with van der Waals surface area (Å²) >= 11 is 0. The first-order chi connectivity index (χ1) is 16.4. The highest BCUT2D eigenvalue weighted by atomic mass is 16.4. The van der Waals surface area contributed by atoms with Crippen molar-refractivity contribution in [2.45, 2.75) is 57.8 Å². The molecule has 0 spiro atoms. The zero-order valence-corrected chi connectivity index (χ0v) is 19.7. The van der Waals surface area contributed by atoms with Gasteiger partial charge in [0.15, 0.2) is 0 Å². The van der Waals surface area contributed by atoms with Crippen LogP contribution in [0.15, 0.2) is 30.5 Å². The molecular formula is C23H31N5O7. The summed E-state index contributed by atoms with van der Waals surface area (Å²) in [5, 5.41) is 26.4. The van der Waals surface area contributed by atoms with Gasteiger partial charge in [0.25, 0.3) is 0 Å². The molecule has 12 nitrogen and oxygen atoms in total. The van der Waals surface area contributed by atoms with E-state index in [0.29, 0.717) is 0 Å². The van der Waals surface area contributed by atoms with Crippen molar-refractivity contribution in [3.05, 3.63) is 36.0 Å². The van der Waals surface area contributed by atoms with Crippen molar-refractivity contribution in [1.29, 1.82) is 0 Å². The first-order valence-corrected chi connectivity index (χ1v) is 11.1. The van der Waals surface area contributed by atoms with Crippen LogP contribution in [0.25, 0.3) is 10.9 Å². The Hall–Kier alpha value is -3.93. The van der Waals surface area contributed by atoms with Crippen molar-refractivity contribution < 1.29 is 34.2 Å². The Balaban J connectivity index is 2.21. The molecule has 2 aromatic rings. The SMILES string of the molecule is CC(NC(=O)C(N)CC(=O)O)C(=O)NC(Cc1c[nH]c2ccccc12)C(=O)NC(C(=O)O)C(C)C. The first kappa shape index (κ1) is 27.3. The second-order valence-corrected chi connectivity index (χ2v) is 8.63. The van der Waals surface area contributed by atoms with E-state index in [1.807, 2.05) is 24.3 Å². The van der Waals surface area contributed by atoms with Crippen molar-refractivity contribution in [2.75, 3.05) is 0 Å². The quantitative estimate of drug-likeness (QED) is 0.211. The third-order valence-corrected chi connectivity index (χ3v) is 5.45. The number of fused-ring (bicyclic) bond motifs is 1. The van der Waals surface area contributed by atoms with Crippen molar-refractivity contribution in [3.8, 4) is 0 Å². The lowest BCUT2D eigenvalue weighted by Crippen LogP contribution is -2.57. The molecular weight excluding hydrogens is 458 g/mol. The Labute approximate surface area is 201 Å². The summed E-state index contributed by atoms with van der Waals surface area (Å²) in [6.07, 6.45) is 1.13. The molecule has 0 fully saturated rings. The van der Waals surface area contributed by atoms with Crippen molar-refractivity contribution in [3.63, 3.8) is 0 Å². The van der Waals surface area contributed by atoms with Crippen LogP contribution < -0.4 is 21.7 Å². The topological polar surface area (TPSA) is 204 Å². The highest BCUT2D eigenvalue weighted by Crippen LogP contribution is 2.19. The van der Waals surface area contributed by atoms with E-state index in [1.165, 1.54) is 6.92 Å². The minimum absolute atomic E-state index is 0.0468. The lowest BCUT2D eigenvalue weighted by atomic mass is 10.0. The van der Waals surface area contributed by atoms with Crippen LogP contribution in [0.4, 0.5) is 0 Å². The van der Waals surface area contributed by atoms with E-state index in [0.717, 1.165) is 16.5 Å². The predicted octanol–water partition coefficient (Wildman–Crippen LogP) is -0.273. The van der Waals surface area contributed by atoms with Gasteiger partial charge in [0.1, 0.15) is 18.1 Å². The largest absolute Gasteiger partial charge is 0.481 e. The highest BCUT2D eigenvalue weighted by Gasteiger charge is 2.31. The average Bonchev–Trinajstić information content (AvgIpc) is 3.18. The van der Waals surface area contributed by atoms with Gasteiger partial charge in [-0.05, 0) is 24.5 Å². The van der Waals surface area contributed by atoms with Crippen LogP contribution in [0.3, 0.4) is 0 Å². The Morgan fingerprint density at radius 3 is 2.20 bits per heavy atom.